The van der Waals surface area contributed by atoms with Crippen molar-refractivity contribution in [2.75, 3.05) is 19.6 Å². The van der Waals surface area contributed by atoms with Crippen LogP contribution < -0.4 is 16.4 Å². The molecule has 5 nitrogen and oxygen atoms in total. The zero-order valence-corrected chi connectivity index (χ0v) is 9.23. The second-order valence-corrected chi connectivity index (χ2v) is 4.17. The average Bonchev–Trinajstić information content (AvgIpc) is 2.95. The normalized spacial score (nSPS) is 17.1. The van der Waals surface area contributed by atoms with Crippen molar-refractivity contribution in [3.8, 4) is 0 Å². The third kappa shape index (κ3) is 3.51. The number of amides is 1. The number of nitrogens with one attached hydrogen (secondary N) is 3. The molecule has 1 aliphatic carbocycles. The van der Waals surface area contributed by atoms with Crippen LogP contribution >= 0.6 is 0 Å². The predicted molar refractivity (Wildman–Crippen MR) is 59.8 cm³/mol. The number of hydrogen-bond acceptors (Lipinski definition) is 3. The summed E-state index contributed by atoms with van der Waals surface area (Å²) < 4.78 is 0. The average molecular weight is 212 g/mol. The number of amidine groups is 1. The van der Waals surface area contributed by atoms with E-state index in [9.17, 15) is 4.79 Å². The second-order valence-electron chi connectivity index (χ2n) is 4.17. The highest BCUT2D eigenvalue weighted by atomic mass is 16.2. The van der Waals surface area contributed by atoms with E-state index in [4.69, 9.17) is 11.1 Å². The van der Waals surface area contributed by atoms with Crippen molar-refractivity contribution in [2.45, 2.75) is 26.2 Å². The molecule has 0 heterocycles. The molecule has 0 atom stereocenters. The molecule has 0 saturated heterocycles. The molecule has 0 aliphatic heterocycles. The van der Waals surface area contributed by atoms with E-state index in [1.54, 1.807) is 0 Å². The van der Waals surface area contributed by atoms with Crippen molar-refractivity contribution in [3.63, 3.8) is 0 Å². The summed E-state index contributed by atoms with van der Waals surface area (Å²) in [4.78, 5) is 11.7. The standard InChI is InChI=1S/C10H20N4O/c1-2-5-14-9(15)10(3-4-10)7-13-6-8(11)12/h13H,2-7H2,1H3,(H3,11,12)(H,14,15). The molecule has 5 N–H and O–H groups in total. The van der Waals surface area contributed by atoms with Crippen molar-refractivity contribution in [2.24, 2.45) is 11.1 Å². The Morgan fingerprint density at radius 3 is 2.67 bits per heavy atom. The number of hydrogen-bond donors (Lipinski definition) is 4. The maximum Gasteiger partial charge on any atom is 0.227 e. The van der Waals surface area contributed by atoms with Crippen molar-refractivity contribution in [1.29, 1.82) is 5.41 Å². The van der Waals surface area contributed by atoms with Crippen LogP contribution in [0.5, 0.6) is 0 Å². The first kappa shape index (κ1) is 12.0. The SMILES string of the molecule is CCCNC(=O)C1(CNCC(=N)N)CC1. The van der Waals surface area contributed by atoms with Gasteiger partial charge in [-0.05, 0) is 19.3 Å². The third-order valence-corrected chi connectivity index (χ3v) is 2.65. The van der Waals surface area contributed by atoms with Crippen molar-refractivity contribution in [1.82, 2.24) is 10.6 Å². The molecular weight excluding hydrogens is 192 g/mol. The van der Waals surface area contributed by atoms with E-state index < -0.39 is 0 Å². The molecule has 0 aromatic carbocycles. The van der Waals surface area contributed by atoms with Gasteiger partial charge in [0.1, 0.15) is 5.84 Å². The van der Waals surface area contributed by atoms with E-state index in [1.807, 2.05) is 6.92 Å². The van der Waals surface area contributed by atoms with Gasteiger partial charge in [0.15, 0.2) is 0 Å². The lowest BCUT2D eigenvalue weighted by molar-refractivity contribution is -0.126. The van der Waals surface area contributed by atoms with Crippen LogP contribution in [0.4, 0.5) is 0 Å². The molecule has 86 valence electrons. The molecule has 0 spiro atoms. The first-order valence-electron chi connectivity index (χ1n) is 5.42. The van der Waals surface area contributed by atoms with E-state index in [2.05, 4.69) is 10.6 Å². The zero-order valence-electron chi connectivity index (χ0n) is 9.23. The molecule has 1 rings (SSSR count). The summed E-state index contributed by atoms with van der Waals surface area (Å²) in [5, 5.41) is 13.0. The predicted octanol–water partition coefficient (Wildman–Crippen LogP) is -0.182. The van der Waals surface area contributed by atoms with Gasteiger partial charge in [-0.1, -0.05) is 6.92 Å². The van der Waals surface area contributed by atoms with E-state index in [1.165, 1.54) is 0 Å². The minimum absolute atomic E-state index is 0.111. The molecule has 1 aliphatic rings. The Balaban J connectivity index is 2.26. The highest BCUT2D eigenvalue weighted by molar-refractivity contribution is 5.85. The molecule has 0 aromatic heterocycles. The van der Waals surface area contributed by atoms with Crippen LogP contribution in [0, 0.1) is 10.8 Å². The van der Waals surface area contributed by atoms with Gasteiger partial charge in [-0.2, -0.15) is 0 Å². The summed E-state index contributed by atoms with van der Waals surface area (Å²) in [5.41, 5.74) is 5.00. The molecule has 15 heavy (non-hydrogen) atoms. The number of rotatable bonds is 7. The van der Waals surface area contributed by atoms with Gasteiger partial charge in [0.05, 0.1) is 12.0 Å². The second kappa shape index (κ2) is 5.11. The molecule has 0 aromatic rings. The molecule has 5 heteroatoms. The highest BCUT2D eigenvalue weighted by Gasteiger charge is 2.49. The Hall–Kier alpha value is -1.10. The first-order chi connectivity index (χ1) is 7.10. The van der Waals surface area contributed by atoms with E-state index in [0.717, 1.165) is 25.8 Å². The topological polar surface area (TPSA) is 91.0 Å². The smallest absolute Gasteiger partial charge is 0.227 e. The lowest BCUT2D eigenvalue weighted by atomic mass is 10.1. The number of carbonyl (C=O) groups excluding carboxylic acids is 1. The fourth-order valence-electron chi connectivity index (χ4n) is 1.50. The van der Waals surface area contributed by atoms with E-state index in [0.29, 0.717) is 13.1 Å². The summed E-state index contributed by atoms with van der Waals surface area (Å²) >= 11 is 0. The van der Waals surface area contributed by atoms with Crippen LogP contribution in [0.2, 0.25) is 0 Å². The Morgan fingerprint density at radius 1 is 1.53 bits per heavy atom. The number of carbonyl (C=O) groups is 1. The molecule has 1 saturated carbocycles. The van der Waals surface area contributed by atoms with Gasteiger partial charge in [0, 0.05) is 13.1 Å². The van der Waals surface area contributed by atoms with Crippen molar-refractivity contribution in [3.05, 3.63) is 0 Å². The van der Waals surface area contributed by atoms with Gasteiger partial charge in [-0.3, -0.25) is 10.2 Å². The Bertz CT molecular complexity index is 248. The first-order valence-corrected chi connectivity index (χ1v) is 5.42. The van der Waals surface area contributed by atoms with Crippen LogP contribution in [0.3, 0.4) is 0 Å². The van der Waals surface area contributed by atoms with Gasteiger partial charge in [-0.25, -0.2) is 0 Å². The Morgan fingerprint density at radius 2 is 2.20 bits per heavy atom. The lowest BCUT2D eigenvalue weighted by Gasteiger charge is -2.15. The minimum Gasteiger partial charge on any atom is -0.387 e. The summed E-state index contributed by atoms with van der Waals surface area (Å²) in [6.07, 6.45) is 2.84. The van der Waals surface area contributed by atoms with Crippen LogP contribution in [0.15, 0.2) is 0 Å². The highest BCUT2D eigenvalue weighted by Crippen LogP contribution is 2.45. The van der Waals surface area contributed by atoms with Gasteiger partial charge in [-0.15, -0.1) is 0 Å². The van der Waals surface area contributed by atoms with Crippen LogP contribution in [-0.4, -0.2) is 31.4 Å². The molecule has 0 unspecified atom stereocenters. The molecule has 0 bridgehead atoms. The Labute approximate surface area is 90.3 Å². The summed E-state index contributed by atoms with van der Waals surface area (Å²) in [6.45, 7) is 3.77. The van der Waals surface area contributed by atoms with Crippen LogP contribution in [0.25, 0.3) is 0 Å². The quantitative estimate of drug-likeness (QED) is 0.348. The fourth-order valence-corrected chi connectivity index (χ4v) is 1.50. The summed E-state index contributed by atoms with van der Waals surface area (Å²) in [7, 11) is 0. The van der Waals surface area contributed by atoms with Crippen molar-refractivity contribution < 1.29 is 4.79 Å². The van der Waals surface area contributed by atoms with E-state index in [-0.39, 0.29) is 17.2 Å². The fraction of sp³-hybridized carbons (Fsp3) is 0.800. The molecule has 0 radical (unpaired) electrons. The van der Waals surface area contributed by atoms with Gasteiger partial charge >= 0.3 is 0 Å². The van der Waals surface area contributed by atoms with E-state index >= 15 is 0 Å². The summed E-state index contributed by atoms with van der Waals surface area (Å²) in [5.74, 6) is 0.250. The van der Waals surface area contributed by atoms with Gasteiger partial charge < -0.3 is 16.4 Å². The molecule has 1 fully saturated rings. The van der Waals surface area contributed by atoms with Gasteiger partial charge in [0.2, 0.25) is 5.91 Å². The zero-order chi connectivity index (χ0) is 11.3. The number of nitrogens with two attached hydrogens (primary N) is 1. The lowest BCUT2D eigenvalue weighted by Crippen LogP contribution is -2.40. The maximum absolute atomic E-state index is 11.7. The minimum atomic E-state index is -0.218. The van der Waals surface area contributed by atoms with Crippen molar-refractivity contribution >= 4 is 11.7 Å². The maximum atomic E-state index is 11.7. The largest absolute Gasteiger partial charge is 0.387 e. The monoisotopic (exact) mass is 212 g/mol. The molecular formula is C10H20N4O. The Kier molecular flexibility index (Phi) is 4.08. The molecule has 1 amide bonds. The third-order valence-electron chi connectivity index (χ3n) is 2.65. The van der Waals surface area contributed by atoms with Crippen LogP contribution in [-0.2, 0) is 4.79 Å². The van der Waals surface area contributed by atoms with Gasteiger partial charge in [0.25, 0.3) is 0 Å². The summed E-state index contributed by atoms with van der Waals surface area (Å²) in [6, 6.07) is 0. The van der Waals surface area contributed by atoms with Crippen LogP contribution in [0.1, 0.15) is 26.2 Å².